The average molecular weight is 635 g/mol. The maximum Gasteiger partial charge on any atom is 0.267 e. The fourth-order valence-corrected chi connectivity index (χ4v) is 7.35. The van der Waals surface area contributed by atoms with Crippen molar-refractivity contribution in [2.75, 3.05) is 17.8 Å². The number of nitrogens with zero attached hydrogens (tertiary/aromatic N) is 5. The van der Waals surface area contributed by atoms with Gasteiger partial charge in [0.25, 0.3) is 10.0 Å². The van der Waals surface area contributed by atoms with Crippen LogP contribution in [0.1, 0.15) is 48.8 Å². The Morgan fingerprint density at radius 2 is 1.70 bits per heavy atom. The highest BCUT2D eigenvalue weighted by Crippen LogP contribution is 2.42. The van der Waals surface area contributed by atoms with Crippen LogP contribution in [0.15, 0.2) is 65.8 Å². The standard InChI is InChI=1S/C32H35ClN6O4S/c1-21-8-7-9-22(2)29(21)27-16-28(36-31(35-27)37-44(41,42)26-17-34-38(3)20-26)43-25-18-39(19-25)30(40)32(14-5-4-6-15-32)23-10-12-24(33)13-11-23/h7-13,16-17,20,25H,4-6,14-15,18-19H2,1-3H3,(H,35,36,37). The highest BCUT2D eigenvalue weighted by Gasteiger charge is 2.47. The third-order valence-corrected chi connectivity index (χ3v) is 10.1. The summed E-state index contributed by atoms with van der Waals surface area (Å²) in [5.74, 6) is 0.229. The molecule has 0 unspecified atom stereocenters. The number of nitrogens with one attached hydrogen (secondary N) is 1. The Balaban J connectivity index is 1.24. The zero-order chi connectivity index (χ0) is 31.1. The molecule has 4 aromatic rings. The molecule has 230 valence electrons. The number of likely N-dealkylation sites (tertiary alicyclic amines) is 1. The van der Waals surface area contributed by atoms with E-state index < -0.39 is 15.4 Å². The quantitative estimate of drug-likeness (QED) is 0.274. The van der Waals surface area contributed by atoms with Crippen LogP contribution in [0.4, 0.5) is 5.95 Å². The summed E-state index contributed by atoms with van der Waals surface area (Å²) in [6, 6.07) is 15.3. The third kappa shape index (κ3) is 5.90. The maximum absolute atomic E-state index is 14.0. The van der Waals surface area contributed by atoms with Crippen molar-refractivity contribution in [2.24, 2.45) is 7.05 Å². The molecule has 44 heavy (non-hydrogen) atoms. The van der Waals surface area contributed by atoms with Crippen LogP contribution in [0.3, 0.4) is 0 Å². The van der Waals surface area contributed by atoms with Crippen LogP contribution in [-0.4, -0.2) is 58.2 Å². The van der Waals surface area contributed by atoms with E-state index in [0.717, 1.165) is 54.4 Å². The molecule has 10 nitrogen and oxygen atoms in total. The molecule has 1 aliphatic heterocycles. The molecule has 1 saturated heterocycles. The molecule has 6 rings (SSSR count). The van der Waals surface area contributed by atoms with Gasteiger partial charge in [0.1, 0.15) is 11.0 Å². The van der Waals surface area contributed by atoms with Gasteiger partial charge in [-0.1, -0.05) is 61.2 Å². The second-order valence-corrected chi connectivity index (χ2v) is 13.9. The summed E-state index contributed by atoms with van der Waals surface area (Å²) in [5.41, 5.74) is 3.82. The summed E-state index contributed by atoms with van der Waals surface area (Å²) in [4.78, 5) is 24.8. The Bertz CT molecular complexity index is 1780. The van der Waals surface area contributed by atoms with Gasteiger partial charge in [0, 0.05) is 29.9 Å². The molecule has 2 aromatic heterocycles. The van der Waals surface area contributed by atoms with Crippen LogP contribution in [0.2, 0.25) is 5.02 Å². The lowest BCUT2D eigenvalue weighted by atomic mass is 9.68. The van der Waals surface area contributed by atoms with E-state index >= 15 is 0 Å². The number of ether oxygens (including phenoxy) is 1. The molecule has 2 aliphatic rings. The number of amides is 1. The lowest BCUT2D eigenvalue weighted by Crippen LogP contribution is -2.61. The molecular weight excluding hydrogens is 600 g/mol. The van der Waals surface area contributed by atoms with Gasteiger partial charge in [0.15, 0.2) is 0 Å². The van der Waals surface area contributed by atoms with E-state index in [9.17, 15) is 13.2 Å². The van der Waals surface area contributed by atoms with Crippen molar-refractivity contribution in [2.45, 2.75) is 62.4 Å². The number of aryl methyl sites for hydroxylation is 3. The Morgan fingerprint density at radius 3 is 2.34 bits per heavy atom. The molecule has 1 amide bonds. The van der Waals surface area contributed by atoms with E-state index in [1.54, 1.807) is 13.1 Å². The van der Waals surface area contributed by atoms with Crippen molar-refractivity contribution in [3.63, 3.8) is 0 Å². The topological polar surface area (TPSA) is 119 Å². The monoisotopic (exact) mass is 634 g/mol. The molecule has 0 bridgehead atoms. The van der Waals surface area contributed by atoms with Crippen molar-refractivity contribution in [3.05, 3.63) is 82.6 Å². The second kappa shape index (κ2) is 11.9. The maximum atomic E-state index is 14.0. The normalized spacial score (nSPS) is 16.8. The summed E-state index contributed by atoms with van der Waals surface area (Å²) in [7, 11) is -2.35. The van der Waals surface area contributed by atoms with E-state index in [0.29, 0.717) is 23.8 Å². The number of aromatic nitrogens is 4. The summed E-state index contributed by atoms with van der Waals surface area (Å²) >= 11 is 6.15. The van der Waals surface area contributed by atoms with Crippen LogP contribution in [0.5, 0.6) is 5.88 Å². The van der Waals surface area contributed by atoms with Gasteiger partial charge in [0.05, 0.1) is 30.4 Å². The van der Waals surface area contributed by atoms with E-state index in [4.69, 9.17) is 16.3 Å². The number of carbonyl (C=O) groups excluding carboxylic acids is 1. The Morgan fingerprint density at radius 1 is 1.02 bits per heavy atom. The molecule has 0 atom stereocenters. The van der Waals surface area contributed by atoms with Gasteiger partial charge in [0.2, 0.25) is 17.7 Å². The number of halogens is 1. The SMILES string of the molecule is Cc1cccc(C)c1-c1cc(OC2CN(C(=O)C3(c4ccc(Cl)cc4)CCCCC3)C2)nc(NS(=O)(=O)c2cnn(C)c2)n1. The summed E-state index contributed by atoms with van der Waals surface area (Å²) in [6.45, 7) is 4.77. The largest absolute Gasteiger partial charge is 0.470 e. The van der Waals surface area contributed by atoms with Gasteiger partial charge in [-0.15, -0.1) is 0 Å². The lowest BCUT2D eigenvalue weighted by Gasteiger charge is -2.46. The third-order valence-electron chi connectivity index (χ3n) is 8.59. The predicted molar refractivity (Wildman–Crippen MR) is 168 cm³/mol. The Kier molecular flexibility index (Phi) is 8.10. The number of benzene rings is 2. The van der Waals surface area contributed by atoms with E-state index in [2.05, 4.69) is 19.8 Å². The van der Waals surface area contributed by atoms with Gasteiger partial charge >= 0.3 is 0 Å². The second-order valence-electron chi connectivity index (χ2n) is 11.7. The van der Waals surface area contributed by atoms with Crippen molar-refractivity contribution >= 4 is 33.5 Å². The van der Waals surface area contributed by atoms with Crippen LogP contribution in [-0.2, 0) is 27.3 Å². The van der Waals surface area contributed by atoms with Gasteiger partial charge in [-0.25, -0.2) is 18.1 Å². The van der Waals surface area contributed by atoms with Crippen molar-refractivity contribution in [3.8, 4) is 17.1 Å². The molecule has 0 radical (unpaired) electrons. The Hall–Kier alpha value is -3.96. The lowest BCUT2D eigenvalue weighted by molar-refractivity contribution is -0.148. The molecular formula is C32H35ClN6O4S. The van der Waals surface area contributed by atoms with Crippen LogP contribution >= 0.6 is 11.6 Å². The number of hydrogen-bond donors (Lipinski definition) is 1. The smallest absolute Gasteiger partial charge is 0.267 e. The first-order chi connectivity index (χ1) is 21.0. The van der Waals surface area contributed by atoms with Crippen molar-refractivity contribution in [1.82, 2.24) is 24.6 Å². The predicted octanol–water partition coefficient (Wildman–Crippen LogP) is 5.44. The minimum Gasteiger partial charge on any atom is -0.470 e. The van der Waals surface area contributed by atoms with Crippen molar-refractivity contribution < 1.29 is 17.9 Å². The first-order valence-corrected chi connectivity index (χ1v) is 16.6. The fourth-order valence-electron chi connectivity index (χ4n) is 6.30. The highest BCUT2D eigenvalue weighted by molar-refractivity contribution is 7.92. The Labute approximate surface area is 262 Å². The molecule has 0 spiro atoms. The highest BCUT2D eigenvalue weighted by atomic mass is 35.5. The summed E-state index contributed by atoms with van der Waals surface area (Å²) < 4.78 is 36.3. The summed E-state index contributed by atoms with van der Waals surface area (Å²) in [5, 5.41) is 4.62. The number of hydrogen-bond acceptors (Lipinski definition) is 7. The molecule has 2 aromatic carbocycles. The van der Waals surface area contributed by atoms with E-state index in [1.807, 2.05) is 61.2 Å². The van der Waals surface area contributed by atoms with Crippen LogP contribution in [0, 0.1) is 13.8 Å². The van der Waals surface area contributed by atoms with Gasteiger partial charge in [-0.3, -0.25) is 9.48 Å². The zero-order valence-electron chi connectivity index (χ0n) is 25.0. The van der Waals surface area contributed by atoms with Gasteiger partial charge < -0.3 is 9.64 Å². The molecule has 12 heteroatoms. The fraction of sp³-hybridized carbons (Fsp3) is 0.375. The van der Waals surface area contributed by atoms with Gasteiger partial charge in [-0.2, -0.15) is 10.1 Å². The first kappa shape index (κ1) is 30.1. The van der Waals surface area contributed by atoms with Crippen molar-refractivity contribution in [1.29, 1.82) is 0 Å². The molecule has 1 saturated carbocycles. The number of rotatable bonds is 8. The number of carbonyl (C=O) groups is 1. The minimum atomic E-state index is -3.99. The first-order valence-electron chi connectivity index (χ1n) is 14.7. The molecule has 1 N–H and O–H groups in total. The van der Waals surface area contributed by atoms with Gasteiger partial charge in [-0.05, 0) is 55.5 Å². The number of sulfonamides is 1. The molecule has 1 aliphatic carbocycles. The summed E-state index contributed by atoms with van der Waals surface area (Å²) in [6.07, 6.45) is 7.10. The van der Waals surface area contributed by atoms with E-state index in [-0.39, 0.29) is 28.7 Å². The number of anilines is 1. The molecule has 3 heterocycles. The van der Waals surface area contributed by atoms with E-state index in [1.165, 1.54) is 17.1 Å². The van der Waals surface area contributed by atoms with Crippen LogP contribution < -0.4 is 9.46 Å². The van der Waals surface area contributed by atoms with Crippen LogP contribution in [0.25, 0.3) is 11.3 Å². The average Bonchev–Trinajstić information content (AvgIpc) is 3.42. The molecule has 2 fully saturated rings. The zero-order valence-corrected chi connectivity index (χ0v) is 26.5. The minimum absolute atomic E-state index is 0.00554.